The van der Waals surface area contributed by atoms with E-state index in [-0.39, 0.29) is 17.9 Å². The smallest absolute Gasteiger partial charge is 0.236 e. The van der Waals surface area contributed by atoms with Crippen LogP contribution in [0.5, 0.6) is 0 Å². The molecule has 19 heavy (non-hydrogen) atoms. The van der Waals surface area contributed by atoms with Crippen LogP contribution in [-0.2, 0) is 4.79 Å². The molecule has 0 aromatic heterocycles. The SMILES string of the molecule is C=C[C@@H]1C(=O)N(c2ccccc2)[C@H]1c1ccccc1. The first-order valence-corrected chi connectivity index (χ1v) is 6.38. The van der Waals surface area contributed by atoms with Gasteiger partial charge >= 0.3 is 0 Å². The van der Waals surface area contributed by atoms with E-state index in [1.807, 2.05) is 53.4 Å². The van der Waals surface area contributed by atoms with Crippen LogP contribution in [-0.4, -0.2) is 5.91 Å². The number of nitrogens with zero attached hydrogens (tertiary/aromatic N) is 1. The Morgan fingerprint density at radius 1 is 0.947 bits per heavy atom. The van der Waals surface area contributed by atoms with Crippen LogP contribution in [0.3, 0.4) is 0 Å². The van der Waals surface area contributed by atoms with E-state index >= 15 is 0 Å². The van der Waals surface area contributed by atoms with Crippen molar-refractivity contribution in [1.82, 2.24) is 0 Å². The first kappa shape index (κ1) is 11.7. The van der Waals surface area contributed by atoms with Crippen molar-refractivity contribution in [3.63, 3.8) is 0 Å². The number of amides is 1. The van der Waals surface area contributed by atoms with E-state index in [0.29, 0.717) is 0 Å². The predicted molar refractivity (Wildman–Crippen MR) is 76.8 cm³/mol. The zero-order valence-corrected chi connectivity index (χ0v) is 10.6. The first-order chi connectivity index (χ1) is 9.33. The maximum absolute atomic E-state index is 12.2. The lowest BCUT2D eigenvalue weighted by molar-refractivity contribution is -0.128. The Labute approximate surface area is 113 Å². The van der Waals surface area contributed by atoms with Gasteiger partial charge in [-0.25, -0.2) is 0 Å². The molecule has 1 heterocycles. The Bertz CT molecular complexity index is 591. The summed E-state index contributed by atoms with van der Waals surface area (Å²) in [6, 6.07) is 20.0. The fraction of sp³-hybridized carbons (Fsp3) is 0.118. The van der Waals surface area contributed by atoms with Crippen LogP contribution in [0.25, 0.3) is 0 Å². The highest BCUT2D eigenvalue weighted by Crippen LogP contribution is 2.43. The molecule has 2 aromatic carbocycles. The van der Waals surface area contributed by atoms with Crippen LogP contribution < -0.4 is 4.90 Å². The van der Waals surface area contributed by atoms with Gasteiger partial charge in [0.05, 0.1) is 12.0 Å². The molecule has 1 aliphatic heterocycles. The summed E-state index contributed by atoms with van der Waals surface area (Å²) in [6.45, 7) is 3.79. The predicted octanol–water partition coefficient (Wildman–Crippen LogP) is 3.58. The van der Waals surface area contributed by atoms with Crippen molar-refractivity contribution in [2.75, 3.05) is 4.90 Å². The minimum atomic E-state index is -0.123. The Morgan fingerprint density at radius 3 is 2.11 bits per heavy atom. The maximum Gasteiger partial charge on any atom is 0.236 e. The third-order valence-electron chi connectivity index (χ3n) is 3.57. The van der Waals surface area contributed by atoms with Gasteiger partial charge in [-0.1, -0.05) is 54.6 Å². The first-order valence-electron chi connectivity index (χ1n) is 6.38. The lowest BCUT2D eigenvalue weighted by Gasteiger charge is -2.46. The van der Waals surface area contributed by atoms with Crippen molar-refractivity contribution in [2.24, 2.45) is 5.92 Å². The third kappa shape index (κ3) is 1.85. The van der Waals surface area contributed by atoms with Gasteiger partial charge in [-0.15, -0.1) is 6.58 Å². The third-order valence-corrected chi connectivity index (χ3v) is 3.57. The molecule has 0 unspecified atom stereocenters. The number of benzene rings is 2. The Morgan fingerprint density at radius 2 is 1.53 bits per heavy atom. The molecule has 0 N–H and O–H groups in total. The second-order valence-electron chi connectivity index (χ2n) is 4.66. The summed E-state index contributed by atoms with van der Waals surface area (Å²) in [5.74, 6) is -0.00217. The normalized spacial score (nSPS) is 21.9. The summed E-state index contributed by atoms with van der Waals surface area (Å²) >= 11 is 0. The average Bonchev–Trinajstić information content (AvgIpc) is 2.47. The summed E-state index contributed by atoms with van der Waals surface area (Å²) in [7, 11) is 0. The van der Waals surface area contributed by atoms with E-state index in [1.54, 1.807) is 6.08 Å². The van der Waals surface area contributed by atoms with Crippen LogP contribution in [0.15, 0.2) is 73.3 Å². The molecular formula is C17H15NO. The van der Waals surface area contributed by atoms with Gasteiger partial charge in [0, 0.05) is 5.69 Å². The number of carbonyl (C=O) groups excluding carboxylic acids is 1. The molecule has 1 saturated heterocycles. The van der Waals surface area contributed by atoms with E-state index in [0.717, 1.165) is 11.3 Å². The van der Waals surface area contributed by atoms with Crippen LogP contribution in [0, 0.1) is 5.92 Å². The minimum Gasteiger partial charge on any atom is -0.303 e. The molecule has 2 atom stereocenters. The second kappa shape index (κ2) is 4.73. The molecule has 0 bridgehead atoms. The lowest BCUT2D eigenvalue weighted by Crippen LogP contribution is -2.54. The van der Waals surface area contributed by atoms with Gasteiger partial charge in [0.15, 0.2) is 0 Å². The molecule has 2 nitrogen and oxygen atoms in total. The molecule has 0 radical (unpaired) electrons. The van der Waals surface area contributed by atoms with Gasteiger partial charge in [-0.05, 0) is 17.7 Å². The Balaban J connectivity index is 2.00. The quantitative estimate of drug-likeness (QED) is 0.601. The van der Waals surface area contributed by atoms with Gasteiger partial charge in [0.2, 0.25) is 5.91 Å². The fourth-order valence-electron chi connectivity index (χ4n) is 2.62. The second-order valence-corrected chi connectivity index (χ2v) is 4.66. The van der Waals surface area contributed by atoms with Crippen LogP contribution >= 0.6 is 0 Å². The summed E-state index contributed by atoms with van der Waals surface area (Å²) < 4.78 is 0. The summed E-state index contributed by atoms with van der Waals surface area (Å²) in [4.78, 5) is 14.1. The Hall–Kier alpha value is -2.35. The van der Waals surface area contributed by atoms with Crippen molar-refractivity contribution >= 4 is 11.6 Å². The monoisotopic (exact) mass is 249 g/mol. The molecule has 0 saturated carbocycles. The van der Waals surface area contributed by atoms with Crippen molar-refractivity contribution < 1.29 is 4.79 Å². The zero-order valence-electron chi connectivity index (χ0n) is 10.6. The van der Waals surface area contributed by atoms with Crippen molar-refractivity contribution in [1.29, 1.82) is 0 Å². The highest BCUT2D eigenvalue weighted by molar-refractivity contribution is 6.04. The van der Waals surface area contributed by atoms with Crippen LogP contribution in [0.2, 0.25) is 0 Å². The molecule has 1 fully saturated rings. The summed E-state index contributed by atoms with van der Waals surface area (Å²) in [5, 5.41) is 0. The zero-order chi connectivity index (χ0) is 13.2. The number of β-lactam (4-membered cyclic amide) rings is 1. The van der Waals surface area contributed by atoms with E-state index in [1.165, 1.54) is 0 Å². The lowest BCUT2D eigenvalue weighted by atomic mass is 9.82. The number of rotatable bonds is 3. The van der Waals surface area contributed by atoms with Crippen molar-refractivity contribution in [2.45, 2.75) is 6.04 Å². The number of para-hydroxylation sites is 1. The molecule has 2 heteroatoms. The largest absolute Gasteiger partial charge is 0.303 e. The molecule has 1 amide bonds. The van der Waals surface area contributed by atoms with Gasteiger partial charge < -0.3 is 4.90 Å². The molecule has 1 aliphatic rings. The fourth-order valence-corrected chi connectivity index (χ4v) is 2.62. The van der Waals surface area contributed by atoms with Crippen molar-refractivity contribution in [3.05, 3.63) is 78.9 Å². The van der Waals surface area contributed by atoms with E-state index in [2.05, 4.69) is 18.7 Å². The molecule has 2 aromatic rings. The average molecular weight is 249 g/mol. The Kier molecular flexibility index (Phi) is 2.92. The number of anilines is 1. The van der Waals surface area contributed by atoms with Gasteiger partial charge in [0.1, 0.15) is 0 Å². The van der Waals surface area contributed by atoms with Gasteiger partial charge in [-0.2, -0.15) is 0 Å². The number of hydrogen-bond acceptors (Lipinski definition) is 1. The highest BCUT2D eigenvalue weighted by atomic mass is 16.2. The summed E-state index contributed by atoms with van der Waals surface area (Å²) in [5.41, 5.74) is 2.09. The molecule has 3 rings (SSSR count). The van der Waals surface area contributed by atoms with Crippen LogP contribution in [0.4, 0.5) is 5.69 Å². The molecular weight excluding hydrogens is 234 g/mol. The molecule has 0 aliphatic carbocycles. The molecule has 0 spiro atoms. The van der Waals surface area contributed by atoms with E-state index in [9.17, 15) is 4.79 Å². The van der Waals surface area contributed by atoms with E-state index < -0.39 is 0 Å². The minimum absolute atomic E-state index is 0.0635. The van der Waals surface area contributed by atoms with Crippen molar-refractivity contribution in [3.8, 4) is 0 Å². The molecule has 94 valence electrons. The number of hydrogen-bond donors (Lipinski definition) is 0. The van der Waals surface area contributed by atoms with E-state index in [4.69, 9.17) is 0 Å². The highest BCUT2D eigenvalue weighted by Gasteiger charge is 2.46. The standard InChI is InChI=1S/C17H15NO/c1-2-15-16(13-9-5-3-6-10-13)18(17(15)19)14-11-7-4-8-12-14/h2-12,15-16H,1H2/t15-,16-/m0/s1. The van der Waals surface area contributed by atoms with Crippen LogP contribution in [0.1, 0.15) is 11.6 Å². The van der Waals surface area contributed by atoms with Gasteiger partial charge in [-0.3, -0.25) is 4.79 Å². The van der Waals surface area contributed by atoms with Gasteiger partial charge in [0.25, 0.3) is 0 Å². The maximum atomic E-state index is 12.2. The topological polar surface area (TPSA) is 20.3 Å². The summed E-state index contributed by atoms with van der Waals surface area (Å²) in [6.07, 6.45) is 1.75. The number of carbonyl (C=O) groups is 1.